The third kappa shape index (κ3) is 17.1. The van der Waals surface area contributed by atoms with Crippen LogP contribution in [0.5, 0.6) is 0 Å². The van der Waals surface area contributed by atoms with E-state index in [1.807, 2.05) is 0 Å². The molecule has 0 amide bonds. The van der Waals surface area contributed by atoms with Crippen LogP contribution < -0.4 is 0 Å². The summed E-state index contributed by atoms with van der Waals surface area (Å²) in [5, 5.41) is 0. The lowest BCUT2D eigenvalue weighted by Gasteiger charge is -2.27. The highest BCUT2D eigenvalue weighted by Crippen LogP contribution is 2.51. The summed E-state index contributed by atoms with van der Waals surface area (Å²) >= 11 is 17.6. The molecule has 10 aromatic heterocycles. The Bertz CT molecular complexity index is 4220. The highest BCUT2D eigenvalue weighted by Gasteiger charge is 2.47. The number of rotatable bonds is 22. The molecule has 8 atom stereocenters. The molecule has 4 aliphatic rings. The second-order valence-corrected chi connectivity index (χ2v) is 37.1. The van der Waals surface area contributed by atoms with E-state index in [0.717, 1.165) is 49.7 Å². The van der Waals surface area contributed by atoms with Crippen molar-refractivity contribution in [2.45, 2.75) is 124 Å². The number of hydrogen-bond donors (Lipinski definition) is 0. The highest BCUT2D eigenvalue weighted by molar-refractivity contribution is 7.27. The highest BCUT2D eigenvalue weighted by atomic mass is 32.1. The largest absolute Gasteiger partial charge is 0.465 e. The molecular formula is C78H88O8S10. The van der Waals surface area contributed by atoms with Gasteiger partial charge in [-0.15, -0.1) is 113 Å². The second kappa shape index (κ2) is 32.6. The maximum Gasteiger partial charge on any atom is 0.310 e. The van der Waals surface area contributed by atoms with Gasteiger partial charge in [-0.3, -0.25) is 19.2 Å². The normalized spacial score (nSPS) is 19.2. The zero-order chi connectivity index (χ0) is 63.9. The fourth-order valence-corrected chi connectivity index (χ4v) is 23.8. The van der Waals surface area contributed by atoms with E-state index < -0.39 is 0 Å². The SMILES string of the molecule is C.C.C.C.Cc1ccc(-c2cc(CC(=O)OCC3C4C=CC(C4)C3COC(=O)Cc3cc(-c4ccc(C)s4)sc3-c3ccc(C)s3)c(-c3ccc(C)s3)s2)s1.Cc1ccc(-c2cc(CC(=O)OCC3C4C=CC(C4)C3COC(=O)Cc3cc(C)sc3-c3ccc(C)s3)c(C)s2)s1. The van der Waals surface area contributed by atoms with Gasteiger partial charge in [0.2, 0.25) is 0 Å². The van der Waals surface area contributed by atoms with Crippen molar-refractivity contribution in [1.82, 2.24) is 0 Å². The molecule has 18 heteroatoms. The maximum atomic E-state index is 13.4. The Labute approximate surface area is 608 Å². The minimum Gasteiger partial charge on any atom is -0.465 e. The molecule has 4 aliphatic carbocycles. The molecule has 14 rings (SSSR count). The standard InChI is InChI=1S/C41H38O4S6.C33H34O4S4.4CH4/c1-22-5-11-32(46-22)36-16-28(40(50-36)34-13-7-24(3)48-34)18-38(42)44-20-30-26-9-10-27(15-26)31(30)21-45-39(43)19-29-17-37(33-12-6-23(2)47-33)51-41(29)35-14-8-25(4)49-35;1-18-5-9-28(38-18)30-13-24(21(4)41-30)14-31(34)36-16-26-22-7-8-23(12-22)27(26)17-37-32(35)15-25-11-20(3)40-33(25)29-10-6-19(2)39-29;;;;/h5-14,16-17,26-27,30-31H,15,18-21H2,1-4H3;5-11,13,22-23,26-27H,12,14-17H2,1-4H3;4*1H4. The van der Waals surface area contributed by atoms with Crippen LogP contribution in [-0.2, 0) is 63.8 Å². The minimum absolute atomic E-state index is 0. The molecule has 96 heavy (non-hydrogen) atoms. The summed E-state index contributed by atoms with van der Waals surface area (Å²) in [4.78, 5) is 77.0. The zero-order valence-corrected chi connectivity index (χ0v) is 60.8. The summed E-state index contributed by atoms with van der Waals surface area (Å²) < 4.78 is 23.8. The van der Waals surface area contributed by atoms with Gasteiger partial charge in [-0.1, -0.05) is 54.0 Å². The number of carbonyl (C=O) groups is 4. The van der Waals surface area contributed by atoms with Crippen molar-refractivity contribution >= 4 is 137 Å². The molecule has 2 fully saturated rings. The van der Waals surface area contributed by atoms with Crippen LogP contribution in [-0.4, -0.2) is 50.3 Å². The Morgan fingerprint density at radius 1 is 0.302 bits per heavy atom. The Morgan fingerprint density at radius 2 is 0.562 bits per heavy atom. The lowest BCUT2D eigenvalue weighted by Crippen LogP contribution is -2.30. The van der Waals surface area contributed by atoms with Crippen molar-refractivity contribution in [2.75, 3.05) is 26.4 Å². The molecular weight excluding hydrogens is 1390 g/mol. The van der Waals surface area contributed by atoms with E-state index in [0.29, 0.717) is 50.1 Å². The molecule has 0 radical (unpaired) electrons. The van der Waals surface area contributed by atoms with Crippen LogP contribution >= 0.6 is 113 Å². The van der Waals surface area contributed by atoms with Gasteiger partial charge in [0.15, 0.2) is 0 Å². The predicted molar refractivity (Wildman–Crippen MR) is 416 cm³/mol. The molecule has 0 N–H and O–H groups in total. The van der Waals surface area contributed by atoms with Crippen molar-refractivity contribution in [1.29, 1.82) is 0 Å². The van der Waals surface area contributed by atoms with E-state index in [2.05, 4.69) is 177 Å². The van der Waals surface area contributed by atoms with Crippen molar-refractivity contribution in [2.24, 2.45) is 47.3 Å². The van der Waals surface area contributed by atoms with Gasteiger partial charge in [-0.25, -0.2) is 0 Å². The molecule has 508 valence electrons. The van der Waals surface area contributed by atoms with E-state index >= 15 is 0 Å². The molecule has 8 unspecified atom stereocenters. The number of carbonyl (C=O) groups excluding carboxylic acids is 4. The van der Waals surface area contributed by atoms with E-state index in [-0.39, 0.29) is 103 Å². The van der Waals surface area contributed by atoms with Gasteiger partial charge in [-0.05, 0) is 211 Å². The lowest BCUT2D eigenvalue weighted by atomic mass is 9.84. The van der Waals surface area contributed by atoms with Crippen molar-refractivity contribution in [3.8, 4) is 58.5 Å². The first-order valence-electron chi connectivity index (χ1n) is 31.2. The molecule has 10 aromatic rings. The molecule has 0 aromatic carbocycles. The van der Waals surface area contributed by atoms with Gasteiger partial charge in [0.05, 0.1) is 52.1 Å². The number of allylic oxidation sites excluding steroid dienone is 4. The Kier molecular flexibility index (Phi) is 25.3. The Hall–Kier alpha value is -5.64. The van der Waals surface area contributed by atoms with Gasteiger partial charge in [-0.2, -0.15) is 0 Å². The van der Waals surface area contributed by atoms with Crippen LogP contribution in [0.3, 0.4) is 0 Å². The number of fused-ring (bicyclic) bond motifs is 4. The van der Waals surface area contributed by atoms with Gasteiger partial charge in [0.1, 0.15) is 0 Å². The topological polar surface area (TPSA) is 105 Å². The van der Waals surface area contributed by atoms with Gasteiger partial charge in [0.25, 0.3) is 0 Å². The average Bonchev–Trinajstić information content (AvgIpc) is 1.64. The molecule has 10 heterocycles. The van der Waals surface area contributed by atoms with Crippen LogP contribution in [0.15, 0.2) is 121 Å². The summed E-state index contributed by atoms with van der Waals surface area (Å²) in [6.45, 7) is 18.3. The maximum absolute atomic E-state index is 13.4. The Balaban J connectivity index is 0.000000221. The molecule has 0 saturated heterocycles. The molecule has 0 spiro atoms. The van der Waals surface area contributed by atoms with E-state index in [1.54, 1.807) is 113 Å². The summed E-state index contributed by atoms with van der Waals surface area (Å²) in [5.41, 5.74) is 4.13. The number of aryl methyl sites for hydroxylation is 8. The number of thiophene rings is 10. The van der Waals surface area contributed by atoms with E-state index in [4.69, 9.17) is 18.9 Å². The van der Waals surface area contributed by atoms with E-state index in [9.17, 15) is 19.2 Å². The summed E-state index contributed by atoms with van der Waals surface area (Å²) in [6.07, 6.45) is 12.1. The van der Waals surface area contributed by atoms with Crippen LogP contribution in [0, 0.1) is 103 Å². The van der Waals surface area contributed by atoms with Crippen LogP contribution in [0.25, 0.3) is 58.5 Å². The van der Waals surface area contributed by atoms with Gasteiger partial charge >= 0.3 is 23.9 Å². The number of esters is 4. The third-order valence-corrected chi connectivity index (χ3v) is 29.8. The fraction of sp³-hybridized carbons (Fsp3) is 0.385. The monoisotopic (exact) mass is 1470 g/mol. The van der Waals surface area contributed by atoms with Gasteiger partial charge in [0, 0.05) is 121 Å². The summed E-state index contributed by atoms with van der Waals surface area (Å²) in [5.74, 6) is 1.29. The molecule has 0 aliphatic heterocycles. The third-order valence-electron chi connectivity index (χ3n) is 18.1. The molecule has 8 nitrogen and oxygen atoms in total. The first kappa shape index (κ1) is 74.6. The van der Waals surface area contributed by atoms with Crippen LogP contribution in [0.2, 0.25) is 0 Å². The Morgan fingerprint density at radius 3 is 0.865 bits per heavy atom. The van der Waals surface area contributed by atoms with Gasteiger partial charge < -0.3 is 18.9 Å². The summed E-state index contributed by atoms with van der Waals surface area (Å²) in [7, 11) is 0. The lowest BCUT2D eigenvalue weighted by molar-refractivity contribution is -0.149. The first-order valence-corrected chi connectivity index (χ1v) is 39.4. The smallest absolute Gasteiger partial charge is 0.310 e. The minimum atomic E-state index is -0.204. The zero-order valence-electron chi connectivity index (χ0n) is 52.6. The van der Waals surface area contributed by atoms with Crippen LogP contribution in [0.4, 0.5) is 0 Å². The number of ether oxygens (including phenoxy) is 4. The molecule has 4 bridgehead atoms. The fourth-order valence-electron chi connectivity index (χ4n) is 13.5. The number of hydrogen-bond acceptors (Lipinski definition) is 18. The van der Waals surface area contributed by atoms with E-state index in [1.165, 1.54) is 82.9 Å². The first-order chi connectivity index (χ1) is 44.4. The van der Waals surface area contributed by atoms with Crippen molar-refractivity contribution in [3.05, 3.63) is 183 Å². The summed E-state index contributed by atoms with van der Waals surface area (Å²) in [6, 6.07) is 34.3. The molecule has 2 saturated carbocycles. The quantitative estimate of drug-likeness (QED) is 0.0375. The van der Waals surface area contributed by atoms with Crippen molar-refractivity contribution < 1.29 is 38.1 Å². The predicted octanol–water partition coefficient (Wildman–Crippen LogP) is 23.6. The van der Waals surface area contributed by atoms with Crippen molar-refractivity contribution in [3.63, 3.8) is 0 Å². The average molecular weight is 1470 g/mol. The van der Waals surface area contributed by atoms with Crippen LogP contribution in [0.1, 0.15) is 104 Å². The second-order valence-electron chi connectivity index (χ2n) is 24.8.